The van der Waals surface area contributed by atoms with Crippen molar-refractivity contribution in [1.29, 1.82) is 0 Å². The first-order valence-electron chi connectivity index (χ1n) is 6.78. The van der Waals surface area contributed by atoms with Crippen LogP contribution in [-0.2, 0) is 0 Å². The Morgan fingerprint density at radius 3 is 2.70 bits per heavy atom. The summed E-state index contributed by atoms with van der Waals surface area (Å²) in [7, 11) is 0. The van der Waals surface area contributed by atoms with Crippen LogP contribution in [-0.4, -0.2) is 9.97 Å². The molecule has 0 unspecified atom stereocenters. The van der Waals surface area contributed by atoms with Crippen LogP contribution in [0.25, 0.3) is 22.0 Å². The summed E-state index contributed by atoms with van der Waals surface area (Å²) in [6.45, 7) is 1.89. The van der Waals surface area contributed by atoms with Gasteiger partial charge in [0, 0.05) is 0 Å². The van der Waals surface area contributed by atoms with Gasteiger partial charge in [0.1, 0.15) is 0 Å². The van der Waals surface area contributed by atoms with Crippen molar-refractivity contribution in [2.75, 3.05) is 0 Å². The van der Waals surface area contributed by atoms with E-state index in [1.54, 1.807) is 30.3 Å². The second kappa shape index (κ2) is 6.36. The highest BCUT2D eigenvalue weighted by Crippen LogP contribution is 2.29. The van der Waals surface area contributed by atoms with Gasteiger partial charge in [-0.15, -0.1) is 0 Å². The zero-order chi connectivity index (χ0) is 16.6. The molecule has 23 heavy (non-hydrogen) atoms. The molecule has 0 aliphatic rings. The first-order valence-corrected chi connectivity index (χ1v) is 7.92. The molecule has 0 fully saturated rings. The number of para-hydroxylation sites is 1. The van der Waals surface area contributed by atoms with E-state index in [0.29, 0.717) is 26.5 Å². The van der Waals surface area contributed by atoms with E-state index in [1.807, 2.05) is 19.1 Å². The Labute approximate surface area is 147 Å². The molecule has 0 aliphatic carbocycles. The van der Waals surface area contributed by atoms with Crippen LogP contribution in [0.3, 0.4) is 0 Å². The van der Waals surface area contributed by atoms with Crippen molar-refractivity contribution in [2.24, 2.45) is 0 Å². The fourth-order valence-corrected chi connectivity index (χ4v) is 2.82. The van der Waals surface area contributed by atoms with Crippen LogP contribution < -0.4 is 5.56 Å². The predicted octanol–water partition coefficient (Wildman–Crippen LogP) is 5.28. The van der Waals surface area contributed by atoms with Gasteiger partial charge in [-0.2, -0.15) is 0 Å². The summed E-state index contributed by atoms with van der Waals surface area (Å²) in [6.07, 6.45) is 1.62. The smallest absolute Gasteiger partial charge is 0.259 e. The Kier molecular flexibility index (Phi) is 4.44. The largest absolute Gasteiger partial charge is 0.305 e. The summed E-state index contributed by atoms with van der Waals surface area (Å²) in [5.41, 5.74) is 1.93. The minimum absolute atomic E-state index is 0.238. The molecule has 3 aromatic rings. The topological polar surface area (TPSA) is 45.8 Å². The fourth-order valence-electron chi connectivity index (χ4n) is 2.26. The van der Waals surface area contributed by atoms with Gasteiger partial charge in [-0.1, -0.05) is 59.1 Å². The number of aromatic amines is 1. The summed E-state index contributed by atoms with van der Waals surface area (Å²) < 4.78 is 0. The Balaban J connectivity index is 2.16. The SMILES string of the molecule is Cc1cccc2c(=O)[nH]c(/C(Cl)=C/c3cccc(Cl)c3Cl)nc12. The highest BCUT2D eigenvalue weighted by Gasteiger charge is 2.10. The second-order valence-electron chi connectivity index (χ2n) is 5.02. The fraction of sp³-hybridized carbons (Fsp3) is 0.0588. The summed E-state index contributed by atoms with van der Waals surface area (Å²) in [5, 5.41) is 1.63. The molecule has 116 valence electrons. The molecule has 0 saturated heterocycles. The molecule has 2 aromatic carbocycles. The molecule has 1 N–H and O–H groups in total. The zero-order valence-electron chi connectivity index (χ0n) is 12.0. The van der Waals surface area contributed by atoms with Gasteiger partial charge in [-0.05, 0) is 36.3 Å². The predicted molar refractivity (Wildman–Crippen MR) is 97.3 cm³/mol. The number of nitrogens with one attached hydrogen (secondary N) is 1. The minimum atomic E-state index is -0.238. The molecule has 1 heterocycles. The third kappa shape index (κ3) is 3.13. The lowest BCUT2D eigenvalue weighted by molar-refractivity contribution is 1.13. The van der Waals surface area contributed by atoms with Crippen LogP contribution in [0, 0.1) is 6.92 Å². The normalized spacial score (nSPS) is 11.9. The number of halogens is 3. The van der Waals surface area contributed by atoms with Crippen LogP contribution in [0.15, 0.2) is 41.2 Å². The maximum Gasteiger partial charge on any atom is 0.259 e. The first kappa shape index (κ1) is 16.1. The quantitative estimate of drug-likeness (QED) is 0.672. The number of hydrogen-bond donors (Lipinski definition) is 1. The Bertz CT molecular complexity index is 993. The van der Waals surface area contributed by atoms with Crippen molar-refractivity contribution in [3.8, 4) is 0 Å². The molecule has 0 saturated carbocycles. The van der Waals surface area contributed by atoms with Gasteiger partial charge >= 0.3 is 0 Å². The number of aromatic nitrogens is 2. The van der Waals surface area contributed by atoms with E-state index >= 15 is 0 Å². The van der Waals surface area contributed by atoms with Crippen molar-refractivity contribution in [3.05, 3.63) is 73.7 Å². The van der Waals surface area contributed by atoms with E-state index in [4.69, 9.17) is 34.8 Å². The molecule has 0 atom stereocenters. The molecular weight excluding hydrogens is 355 g/mol. The van der Waals surface area contributed by atoms with E-state index in [9.17, 15) is 4.79 Å². The lowest BCUT2D eigenvalue weighted by atomic mass is 10.1. The summed E-state index contributed by atoms with van der Waals surface area (Å²) in [6, 6.07) is 10.7. The Hall–Kier alpha value is -1.81. The summed E-state index contributed by atoms with van der Waals surface area (Å²) in [4.78, 5) is 19.3. The van der Waals surface area contributed by atoms with E-state index in [1.165, 1.54) is 0 Å². The highest BCUT2D eigenvalue weighted by atomic mass is 35.5. The lowest BCUT2D eigenvalue weighted by Crippen LogP contribution is -2.11. The van der Waals surface area contributed by atoms with Gasteiger partial charge in [-0.3, -0.25) is 4.79 Å². The van der Waals surface area contributed by atoms with E-state index in [2.05, 4.69) is 9.97 Å². The van der Waals surface area contributed by atoms with Crippen molar-refractivity contribution < 1.29 is 0 Å². The third-order valence-corrected chi connectivity index (χ3v) is 4.55. The van der Waals surface area contributed by atoms with Gasteiger partial charge in [0.05, 0.1) is 26.0 Å². The highest BCUT2D eigenvalue weighted by molar-refractivity contribution is 6.51. The van der Waals surface area contributed by atoms with Crippen LogP contribution in [0.2, 0.25) is 10.0 Å². The number of benzene rings is 2. The minimum Gasteiger partial charge on any atom is -0.305 e. The summed E-state index contributed by atoms with van der Waals surface area (Å²) in [5.74, 6) is 0.287. The number of fused-ring (bicyclic) bond motifs is 1. The van der Waals surface area contributed by atoms with Crippen LogP contribution in [0.4, 0.5) is 0 Å². The number of H-pyrrole nitrogens is 1. The molecular formula is C17H11Cl3N2O. The summed E-state index contributed by atoms with van der Waals surface area (Å²) >= 11 is 18.5. The van der Waals surface area contributed by atoms with E-state index < -0.39 is 0 Å². The maximum absolute atomic E-state index is 12.2. The molecule has 0 bridgehead atoms. The Morgan fingerprint density at radius 1 is 1.17 bits per heavy atom. The average molecular weight is 366 g/mol. The van der Waals surface area contributed by atoms with Crippen LogP contribution >= 0.6 is 34.8 Å². The molecule has 0 spiro atoms. The zero-order valence-corrected chi connectivity index (χ0v) is 14.3. The van der Waals surface area contributed by atoms with Crippen LogP contribution in [0.1, 0.15) is 17.0 Å². The second-order valence-corrected chi connectivity index (χ2v) is 6.21. The van der Waals surface area contributed by atoms with Gasteiger partial charge in [-0.25, -0.2) is 4.98 Å². The van der Waals surface area contributed by atoms with Gasteiger partial charge in [0.15, 0.2) is 5.82 Å². The average Bonchev–Trinajstić information content (AvgIpc) is 2.52. The number of nitrogens with zero attached hydrogens (tertiary/aromatic N) is 1. The molecule has 6 heteroatoms. The Morgan fingerprint density at radius 2 is 1.91 bits per heavy atom. The number of hydrogen-bond acceptors (Lipinski definition) is 2. The standard InChI is InChI=1S/C17H11Cl3N2O/c1-9-4-2-6-11-15(9)21-16(22-17(11)23)13(19)8-10-5-3-7-12(18)14(10)20/h2-8H,1H3,(H,21,22,23)/b13-8-. The van der Waals surface area contributed by atoms with Crippen molar-refractivity contribution in [1.82, 2.24) is 9.97 Å². The van der Waals surface area contributed by atoms with Crippen molar-refractivity contribution in [3.63, 3.8) is 0 Å². The first-order chi connectivity index (χ1) is 11.0. The van der Waals surface area contributed by atoms with Gasteiger partial charge in [0.25, 0.3) is 5.56 Å². The van der Waals surface area contributed by atoms with Gasteiger partial charge < -0.3 is 4.98 Å². The van der Waals surface area contributed by atoms with Crippen molar-refractivity contribution in [2.45, 2.75) is 6.92 Å². The molecule has 0 radical (unpaired) electrons. The van der Waals surface area contributed by atoms with Crippen LogP contribution in [0.5, 0.6) is 0 Å². The monoisotopic (exact) mass is 364 g/mol. The van der Waals surface area contributed by atoms with E-state index in [0.717, 1.165) is 5.56 Å². The lowest BCUT2D eigenvalue weighted by Gasteiger charge is -2.05. The molecule has 1 aromatic heterocycles. The van der Waals surface area contributed by atoms with E-state index in [-0.39, 0.29) is 16.4 Å². The third-order valence-electron chi connectivity index (χ3n) is 3.43. The number of rotatable bonds is 2. The van der Waals surface area contributed by atoms with Gasteiger partial charge in [0.2, 0.25) is 0 Å². The van der Waals surface area contributed by atoms with Crippen molar-refractivity contribution >= 4 is 56.8 Å². The molecule has 3 nitrogen and oxygen atoms in total. The molecule has 0 amide bonds. The molecule has 3 rings (SSSR count). The maximum atomic E-state index is 12.2. The number of aryl methyl sites for hydroxylation is 1. The molecule has 0 aliphatic heterocycles.